The molecule has 2 aromatic rings. The standard InChI is InChI=1S/C22H27FN2O4S/c1-16(2)11-22(25-8-7-19(13-21(25)28)29-10-4-9-26)30-15-20(27)24-14-17-5-3-6-18(23)12-17/h3,5-8,11-13,16,26H,4,9-10,14-15H2,1-2H3,(H,24,27)/b22-11-. The Hall–Kier alpha value is -2.58. The van der Waals surface area contributed by atoms with Crippen LogP contribution in [0.3, 0.4) is 0 Å². The smallest absolute Gasteiger partial charge is 0.259 e. The number of carbonyl (C=O) groups excluding carboxylic acids is 1. The molecule has 0 bridgehead atoms. The SMILES string of the molecule is CC(C)/C=C(\SCC(=O)NCc1cccc(F)c1)n1ccc(OCCCO)cc1=O. The minimum atomic E-state index is -0.346. The molecule has 0 saturated carbocycles. The molecule has 1 aromatic heterocycles. The van der Waals surface area contributed by atoms with E-state index < -0.39 is 0 Å². The molecule has 0 atom stereocenters. The van der Waals surface area contributed by atoms with Crippen molar-refractivity contribution in [3.8, 4) is 5.75 Å². The number of carbonyl (C=O) groups is 1. The number of hydrogen-bond acceptors (Lipinski definition) is 5. The fraction of sp³-hybridized carbons (Fsp3) is 0.364. The van der Waals surface area contributed by atoms with E-state index >= 15 is 0 Å². The third-order valence-corrected chi connectivity index (χ3v) is 4.94. The van der Waals surface area contributed by atoms with E-state index in [1.54, 1.807) is 24.4 Å². The number of allylic oxidation sites excluding steroid dienone is 1. The molecule has 0 fully saturated rings. The van der Waals surface area contributed by atoms with E-state index in [4.69, 9.17) is 9.84 Å². The normalized spacial score (nSPS) is 11.6. The molecule has 0 saturated heterocycles. The van der Waals surface area contributed by atoms with Gasteiger partial charge in [-0.2, -0.15) is 0 Å². The van der Waals surface area contributed by atoms with E-state index in [-0.39, 0.29) is 42.1 Å². The molecule has 1 amide bonds. The topological polar surface area (TPSA) is 80.6 Å². The molecule has 8 heteroatoms. The van der Waals surface area contributed by atoms with Crippen molar-refractivity contribution in [2.24, 2.45) is 5.92 Å². The number of benzene rings is 1. The number of amides is 1. The number of aliphatic hydroxyl groups is 1. The fourth-order valence-corrected chi connectivity index (χ4v) is 3.55. The van der Waals surface area contributed by atoms with E-state index in [0.717, 1.165) is 0 Å². The molecule has 0 aliphatic heterocycles. The van der Waals surface area contributed by atoms with Crippen molar-refractivity contribution in [2.75, 3.05) is 19.0 Å². The molecule has 162 valence electrons. The van der Waals surface area contributed by atoms with Crippen LogP contribution in [0.1, 0.15) is 25.8 Å². The zero-order chi connectivity index (χ0) is 21.9. The van der Waals surface area contributed by atoms with Crippen LogP contribution in [0, 0.1) is 11.7 Å². The average Bonchev–Trinajstić information content (AvgIpc) is 2.70. The highest BCUT2D eigenvalue weighted by Crippen LogP contribution is 2.22. The summed E-state index contributed by atoms with van der Waals surface area (Å²) in [5, 5.41) is 12.2. The lowest BCUT2D eigenvalue weighted by Gasteiger charge is -2.13. The minimum Gasteiger partial charge on any atom is -0.493 e. The van der Waals surface area contributed by atoms with Crippen molar-refractivity contribution in [2.45, 2.75) is 26.8 Å². The van der Waals surface area contributed by atoms with E-state index in [1.807, 2.05) is 19.9 Å². The lowest BCUT2D eigenvalue weighted by Crippen LogP contribution is -2.25. The molecule has 0 unspecified atom stereocenters. The first-order valence-electron chi connectivity index (χ1n) is 9.71. The number of nitrogens with zero attached hydrogens (tertiary/aromatic N) is 1. The molecule has 0 aliphatic rings. The molecular formula is C22H27FN2O4S. The van der Waals surface area contributed by atoms with Crippen molar-refractivity contribution in [3.05, 3.63) is 70.4 Å². The molecule has 30 heavy (non-hydrogen) atoms. The second-order valence-electron chi connectivity index (χ2n) is 6.94. The van der Waals surface area contributed by atoms with Crippen LogP contribution in [-0.4, -0.2) is 34.5 Å². The number of ether oxygens (including phenoxy) is 1. The van der Waals surface area contributed by atoms with Gasteiger partial charge in [0, 0.05) is 31.8 Å². The number of nitrogens with one attached hydrogen (secondary N) is 1. The largest absolute Gasteiger partial charge is 0.493 e. The summed E-state index contributed by atoms with van der Waals surface area (Å²) in [7, 11) is 0. The van der Waals surface area contributed by atoms with Gasteiger partial charge in [-0.3, -0.25) is 14.2 Å². The number of hydrogen-bond donors (Lipinski definition) is 2. The number of halogens is 1. The number of aromatic nitrogens is 1. The van der Waals surface area contributed by atoms with Crippen molar-refractivity contribution in [3.63, 3.8) is 0 Å². The third-order valence-electron chi connectivity index (χ3n) is 3.91. The van der Waals surface area contributed by atoms with E-state index in [9.17, 15) is 14.0 Å². The predicted molar refractivity (Wildman–Crippen MR) is 118 cm³/mol. The average molecular weight is 435 g/mol. The first-order chi connectivity index (χ1) is 14.4. The highest BCUT2D eigenvalue weighted by molar-refractivity contribution is 8.08. The summed E-state index contributed by atoms with van der Waals surface area (Å²) in [4.78, 5) is 24.8. The van der Waals surface area contributed by atoms with Gasteiger partial charge in [0.15, 0.2) is 0 Å². The Morgan fingerprint density at radius 1 is 1.33 bits per heavy atom. The van der Waals surface area contributed by atoms with Crippen molar-refractivity contribution in [1.82, 2.24) is 9.88 Å². The van der Waals surface area contributed by atoms with Gasteiger partial charge < -0.3 is 15.2 Å². The van der Waals surface area contributed by atoms with Gasteiger partial charge in [0.2, 0.25) is 5.91 Å². The fourth-order valence-electron chi connectivity index (χ4n) is 2.51. The van der Waals surface area contributed by atoms with Gasteiger partial charge in [-0.1, -0.05) is 43.8 Å². The predicted octanol–water partition coefficient (Wildman–Crippen LogP) is 3.25. The minimum absolute atomic E-state index is 0.0241. The van der Waals surface area contributed by atoms with Gasteiger partial charge in [0.25, 0.3) is 5.56 Å². The quantitative estimate of drug-likeness (QED) is 0.531. The highest BCUT2D eigenvalue weighted by Gasteiger charge is 2.10. The van der Waals surface area contributed by atoms with Crippen LogP contribution in [-0.2, 0) is 11.3 Å². The van der Waals surface area contributed by atoms with E-state index in [2.05, 4.69) is 5.32 Å². The molecule has 1 aromatic carbocycles. The zero-order valence-electron chi connectivity index (χ0n) is 17.1. The Morgan fingerprint density at radius 3 is 2.80 bits per heavy atom. The number of rotatable bonds is 11. The van der Waals surface area contributed by atoms with Crippen LogP contribution in [0.5, 0.6) is 5.75 Å². The maximum absolute atomic E-state index is 13.2. The van der Waals surface area contributed by atoms with Crippen LogP contribution in [0.15, 0.2) is 53.5 Å². The first kappa shape index (κ1) is 23.7. The van der Waals surface area contributed by atoms with Crippen molar-refractivity contribution < 1.29 is 19.0 Å². The van der Waals surface area contributed by atoms with Gasteiger partial charge in [0.05, 0.1) is 17.4 Å². The van der Waals surface area contributed by atoms with Gasteiger partial charge in [-0.25, -0.2) is 4.39 Å². The van der Waals surface area contributed by atoms with Gasteiger partial charge in [-0.15, -0.1) is 0 Å². The maximum atomic E-state index is 13.2. The van der Waals surface area contributed by atoms with Crippen LogP contribution >= 0.6 is 11.8 Å². The Morgan fingerprint density at radius 2 is 2.13 bits per heavy atom. The lowest BCUT2D eigenvalue weighted by molar-refractivity contribution is -0.118. The van der Waals surface area contributed by atoms with Crippen molar-refractivity contribution in [1.29, 1.82) is 0 Å². The highest BCUT2D eigenvalue weighted by atomic mass is 32.2. The van der Waals surface area contributed by atoms with Gasteiger partial charge >= 0.3 is 0 Å². The Kier molecular flexibility index (Phi) is 9.63. The number of thioether (sulfide) groups is 1. The summed E-state index contributed by atoms with van der Waals surface area (Å²) in [6.07, 6.45) is 4.02. The second-order valence-corrected chi connectivity index (χ2v) is 7.94. The lowest BCUT2D eigenvalue weighted by atomic mass is 10.2. The van der Waals surface area contributed by atoms with Crippen LogP contribution < -0.4 is 15.6 Å². The van der Waals surface area contributed by atoms with E-state index in [1.165, 1.54) is 34.5 Å². The first-order valence-corrected chi connectivity index (χ1v) is 10.7. The maximum Gasteiger partial charge on any atom is 0.259 e. The Bertz CT molecular complexity index is 927. The Balaban J connectivity index is 2.00. The summed E-state index contributed by atoms with van der Waals surface area (Å²) in [6.45, 7) is 4.56. The summed E-state index contributed by atoms with van der Waals surface area (Å²) >= 11 is 1.25. The van der Waals surface area contributed by atoms with Crippen LogP contribution in [0.4, 0.5) is 4.39 Å². The molecule has 0 spiro atoms. The third kappa shape index (κ3) is 8.04. The van der Waals surface area contributed by atoms with Crippen LogP contribution in [0.2, 0.25) is 0 Å². The van der Waals surface area contributed by atoms with Crippen molar-refractivity contribution >= 4 is 22.7 Å². The Labute approximate surface area is 179 Å². The van der Waals surface area contributed by atoms with E-state index in [0.29, 0.717) is 29.4 Å². The van der Waals surface area contributed by atoms with Crippen LogP contribution in [0.25, 0.3) is 5.03 Å². The number of pyridine rings is 1. The van der Waals surface area contributed by atoms with Gasteiger partial charge in [0.1, 0.15) is 11.6 Å². The molecule has 0 aliphatic carbocycles. The van der Waals surface area contributed by atoms with Gasteiger partial charge in [-0.05, 0) is 29.7 Å². The summed E-state index contributed by atoms with van der Waals surface area (Å²) in [6, 6.07) is 9.13. The molecule has 2 N–H and O–H groups in total. The molecule has 0 radical (unpaired) electrons. The molecule has 1 heterocycles. The summed E-state index contributed by atoms with van der Waals surface area (Å²) in [5.74, 6) is 0.175. The summed E-state index contributed by atoms with van der Waals surface area (Å²) < 4.78 is 20.1. The second kappa shape index (κ2) is 12.2. The number of aliphatic hydroxyl groups excluding tert-OH is 1. The monoisotopic (exact) mass is 434 g/mol. The molecular weight excluding hydrogens is 407 g/mol. The molecule has 2 rings (SSSR count). The molecule has 6 nitrogen and oxygen atoms in total. The zero-order valence-corrected chi connectivity index (χ0v) is 18.0. The summed E-state index contributed by atoms with van der Waals surface area (Å²) in [5.41, 5.74) is 0.412.